The van der Waals surface area contributed by atoms with E-state index in [1.165, 1.54) is 0 Å². The molecule has 0 heterocycles. The number of carboxylic acids is 1. The number of aryl methyl sites for hydroxylation is 1. The quantitative estimate of drug-likeness (QED) is 0.516. The smallest absolute Gasteiger partial charge is 0.335 e. The largest absolute Gasteiger partial charge is 0.480 e. The molecule has 0 saturated carbocycles. The Balaban J connectivity index is 2.05. The molecule has 30 heavy (non-hydrogen) atoms. The molecule has 0 bridgehead atoms. The summed E-state index contributed by atoms with van der Waals surface area (Å²) in [6.45, 7) is 5.99. The van der Waals surface area contributed by atoms with Gasteiger partial charge in [-0.3, -0.25) is 9.36 Å². The van der Waals surface area contributed by atoms with Crippen molar-refractivity contribution in [3.05, 3.63) is 70.8 Å². The van der Waals surface area contributed by atoms with Crippen LogP contribution in [0.1, 0.15) is 40.9 Å². The molecule has 162 valence electrons. The summed E-state index contributed by atoms with van der Waals surface area (Å²) in [5.74, 6) is -1.59. The van der Waals surface area contributed by atoms with Gasteiger partial charge >= 0.3 is 13.6 Å². The van der Waals surface area contributed by atoms with Crippen LogP contribution in [0.3, 0.4) is 0 Å². The molecule has 2 rings (SSSR count). The number of benzene rings is 2. The maximum Gasteiger partial charge on any atom is 0.335 e. The molecule has 0 radical (unpaired) electrons. The van der Waals surface area contributed by atoms with Crippen LogP contribution in [0.4, 0.5) is 0 Å². The Kier molecular flexibility index (Phi) is 8.78. The van der Waals surface area contributed by atoms with Gasteiger partial charge in [0, 0.05) is 12.0 Å². The topological polar surface area (TPSA) is 102 Å². The van der Waals surface area contributed by atoms with Crippen molar-refractivity contribution in [1.29, 1.82) is 0 Å². The second-order valence-electron chi connectivity index (χ2n) is 6.86. The lowest BCUT2D eigenvalue weighted by Crippen LogP contribution is -2.42. The van der Waals surface area contributed by atoms with Gasteiger partial charge in [-0.25, -0.2) is 4.79 Å². The molecule has 7 nitrogen and oxygen atoms in total. The Morgan fingerprint density at radius 2 is 1.50 bits per heavy atom. The summed E-state index contributed by atoms with van der Waals surface area (Å²) >= 11 is 0. The van der Waals surface area contributed by atoms with Gasteiger partial charge in [-0.2, -0.15) is 0 Å². The maximum atomic E-state index is 12.6. The molecule has 1 amide bonds. The van der Waals surface area contributed by atoms with Gasteiger partial charge in [0.1, 0.15) is 6.04 Å². The summed E-state index contributed by atoms with van der Waals surface area (Å²) in [5, 5.41) is 12.0. The normalized spacial score (nSPS) is 12.4. The summed E-state index contributed by atoms with van der Waals surface area (Å²) in [5.41, 5.74) is 2.92. The first-order valence-corrected chi connectivity index (χ1v) is 11.6. The zero-order chi connectivity index (χ0) is 22.1. The fourth-order valence-electron chi connectivity index (χ4n) is 2.91. The average molecular weight is 433 g/mol. The summed E-state index contributed by atoms with van der Waals surface area (Å²) in [4.78, 5) is 24.1. The zero-order valence-electron chi connectivity index (χ0n) is 17.5. The van der Waals surface area contributed by atoms with E-state index in [9.17, 15) is 19.3 Å². The van der Waals surface area contributed by atoms with Gasteiger partial charge in [0.05, 0.1) is 19.4 Å². The molecule has 0 unspecified atom stereocenters. The van der Waals surface area contributed by atoms with E-state index in [4.69, 9.17) is 9.05 Å². The Bertz CT molecular complexity index is 885. The molecule has 0 spiro atoms. The Morgan fingerprint density at radius 1 is 0.967 bits per heavy atom. The minimum Gasteiger partial charge on any atom is -0.480 e. The predicted molar refractivity (Wildman–Crippen MR) is 115 cm³/mol. The van der Waals surface area contributed by atoms with Gasteiger partial charge < -0.3 is 19.5 Å². The highest BCUT2D eigenvalue weighted by Gasteiger charge is 2.25. The van der Waals surface area contributed by atoms with E-state index in [0.717, 1.165) is 11.1 Å². The number of carbonyl (C=O) groups is 2. The fourth-order valence-corrected chi connectivity index (χ4v) is 4.61. The number of amides is 1. The minimum absolute atomic E-state index is 0.0990. The monoisotopic (exact) mass is 433 g/mol. The number of nitrogens with one attached hydrogen (secondary N) is 1. The van der Waals surface area contributed by atoms with Crippen LogP contribution in [0.5, 0.6) is 0 Å². The van der Waals surface area contributed by atoms with Crippen molar-refractivity contribution in [3.63, 3.8) is 0 Å². The van der Waals surface area contributed by atoms with Crippen LogP contribution in [0.2, 0.25) is 0 Å². The molecule has 1 atom stereocenters. The Hall–Kier alpha value is -2.47. The molecule has 8 heteroatoms. The van der Waals surface area contributed by atoms with Crippen molar-refractivity contribution in [2.24, 2.45) is 0 Å². The number of carboxylic acid groups (broad SMARTS) is 1. The second kappa shape index (κ2) is 11.1. The van der Waals surface area contributed by atoms with Gasteiger partial charge in [-0.15, -0.1) is 0 Å². The molecule has 2 aromatic rings. The summed E-state index contributed by atoms with van der Waals surface area (Å²) in [7, 11) is -3.24. The number of rotatable bonds is 11. The molecule has 0 fully saturated rings. The second-order valence-corrected chi connectivity index (χ2v) is 8.91. The highest BCUT2D eigenvalue weighted by Crippen LogP contribution is 2.51. The lowest BCUT2D eigenvalue weighted by molar-refractivity contribution is -0.139. The molecule has 0 aromatic heterocycles. The van der Waals surface area contributed by atoms with Crippen molar-refractivity contribution in [1.82, 2.24) is 5.32 Å². The number of aliphatic carboxylic acids is 1. The first-order chi connectivity index (χ1) is 14.3. The summed E-state index contributed by atoms with van der Waals surface area (Å²) < 4.78 is 23.2. The maximum absolute atomic E-state index is 12.6. The third-order valence-electron chi connectivity index (χ3n) is 4.41. The minimum atomic E-state index is -3.24. The third-order valence-corrected chi connectivity index (χ3v) is 6.46. The third kappa shape index (κ3) is 7.10. The van der Waals surface area contributed by atoms with E-state index in [1.54, 1.807) is 38.1 Å². The van der Waals surface area contributed by atoms with Crippen LogP contribution in [-0.4, -0.2) is 36.2 Å². The Labute approximate surface area is 176 Å². The lowest BCUT2D eigenvalue weighted by atomic mass is 10.0. The lowest BCUT2D eigenvalue weighted by Gasteiger charge is -2.17. The fraction of sp³-hybridized carbons (Fsp3) is 0.364. The van der Waals surface area contributed by atoms with Crippen molar-refractivity contribution in [3.8, 4) is 0 Å². The molecule has 0 saturated heterocycles. The molecule has 0 aliphatic carbocycles. The van der Waals surface area contributed by atoms with Gasteiger partial charge in [-0.1, -0.05) is 42.0 Å². The van der Waals surface area contributed by atoms with E-state index in [0.29, 0.717) is 11.1 Å². The van der Waals surface area contributed by atoms with E-state index >= 15 is 0 Å². The zero-order valence-corrected chi connectivity index (χ0v) is 18.4. The molecule has 0 aliphatic rings. The van der Waals surface area contributed by atoms with Crippen molar-refractivity contribution < 1.29 is 28.3 Å². The van der Waals surface area contributed by atoms with Crippen LogP contribution in [-0.2, 0) is 31.0 Å². The highest BCUT2D eigenvalue weighted by atomic mass is 31.2. The van der Waals surface area contributed by atoms with Crippen molar-refractivity contribution in [2.75, 3.05) is 13.2 Å². The number of carbonyl (C=O) groups excluding carboxylic acids is 1. The van der Waals surface area contributed by atoms with Crippen LogP contribution in [0.25, 0.3) is 0 Å². The first kappa shape index (κ1) is 23.8. The van der Waals surface area contributed by atoms with Gasteiger partial charge in [0.25, 0.3) is 5.91 Å². The van der Waals surface area contributed by atoms with Gasteiger partial charge in [0.15, 0.2) is 0 Å². The molecule has 0 aliphatic heterocycles. The summed E-state index contributed by atoms with van der Waals surface area (Å²) in [6, 6.07) is 12.9. The van der Waals surface area contributed by atoms with E-state index in [-0.39, 0.29) is 25.8 Å². The van der Waals surface area contributed by atoms with E-state index < -0.39 is 25.5 Å². The average Bonchev–Trinajstić information content (AvgIpc) is 2.69. The molecular weight excluding hydrogens is 405 g/mol. The molecule has 2 N–H and O–H groups in total. The predicted octanol–water partition coefficient (Wildman–Crippen LogP) is 4.19. The van der Waals surface area contributed by atoms with Crippen LogP contribution >= 0.6 is 7.60 Å². The highest BCUT2D eigenvalue weighted by molar-refractivity contribution is 7.53. The SMILES string of the molecule is CCOP(=O)(Cc1ccc(C(=O)N[C@@H](Cc2ccc(C)cc2)C(=O)O)cc1)OCC. The standard InChI is InChI=1S/C22H28NO6P/c1-4-28-30(27,29-5-2)15-18-10-12-19(13-11-18)21(24)23-20(22(25)26)14-17-8-6-16(3)7-9-17/h6-13,20H,4-5,14-15H2,1-3H3,(H,23,24)(H,25,26)/t20-/m0/s1. The van der Waals surface area contributed by atoms with E-state index in [1.807, 2.05) is 31.2 Å². The van der Waals surface area contributed by atoms with Crippen molar-refractivity contribution >= 4 is 19.5 Å². The van der Waals surface area contributed by atoms with E-state index in [2.05, 4.69) is 5.32 Å². The molecular formula is C22H28NO6P. The summed E-state index contributed by atoms with van der Waals surface area (Å²) in [6.07, 6.45) is 0.285. The molecule has 2 aromatic carbocycles. The van der Waals surface area contributed by atoms with Crippen LogP contribution in [0.15, 0.2) is 48.5 Å². The van der Waals surface area contributed by atoms with Crippen LogP contribution in [0, 0.1) is 6.92 Å². The van der Waals surface area contributed by atoms with Crippen molar-refractivity contribution in [2.45, 2.75) is 39.4 Å². The Morgan fingerprint density at radius 3 is 2.00 bits per heavy atom. The first-order valence-electron chi connectivity index (χ1n) is 9.82. The number of hydrogen-bond acceptors (Lipinski definition) is 5. The van der Waals surface area contributed by atoms with Gasteiger partial charge in [0.2, 0.25) is 0 Å². The van der Waals surface area contributed by atoms with Crippen LogP contribution < -0.4 is 5.32 Å². The van der Waals surface area contributed by atoms with Gasteiger partial charge in [-0.05, 0) is 44.0 Å². The number of hydrogen-bond donors (Lipinski definition) is 2.